The SMILES string of the molecule is CN1CCC(NC(=O)CCCCl)C1=O. The molecule has 0 aromatic heterocycles. The number of rotatable bonds is 4. The smallest absolute Gasteiger partial charge is 0.244 e. The Morgan fingerprint density at radius 2 is 2.43 bits per heavy atom. The molecule has 1 rings (SSSR count). The molecule has 0 bridgehead atoms. The van der Waals surface area contributed by atoms with E-state index in [4.69, 9.17) is 11.6 Å². The van der Waals surface area contributed by atoms with E-state index in [9.17, 15) is 9.59 Å². The van der Waals surface area contributed by atoms with Crippen LogP contribution in [0.5, 0.6) is 0 Å². The largest absolute Gasteiger partial charge is 0.344 e. The van der Waals surface area contributed by atoms with Gasteiger partial charge < -0.3 is 10.2 Å². The second-order valence-electron chi connectivity index (χ2n) is 3.46. The molecule has 1 heterocycles. The van der Waals surface area contributed by atoms with Crippen molar-refractivity contribution < 1.29 is 9.59 Å². The topological polar surface area (TPSA) is 49.4 Å². The first-order valence-corrected chi connectivity index (χ1v) is 5.29. The predicted molar refractivity (Wildman–Crippen MR) is 54.1 cm³/mol. The standard InChI is InChI=1S/C9H15ClN2O2/c1-12-6-4-7(9(12)14)11-8(13)3-2-5-10/h7H,2-6H2,1H3,(H,11,13). The molecular weight excluding hydrogens is 204 g/mol. The van der Waals surface area contributed by atoms with Crippen LogP contribution in [0.4, 0.5) is 0 Å². The third-order valence-corrected chi connectivity index (χ3v) is 2.57. The molecule has 0 saturated carbocycles. The highest BCUT2D eigenvalue weighted by molar-refractivity contribution is 6.17. The van der Waals surface area contributed by atoms with Gasteiger partial charge in [-0.3, -0.25) is 9.59 Å². The van der Waals surface area contributed by atoms with Crippen molar-refractivity contribution in [2.24, 2.45) is 0 Å². The summed E-state index contributed by atoms with van der Waals surface area (Å²) in [4.78, 5) is 24.3. The minimum Gasteiger partial charge on any atom is -0.344 e. The van der Waals surface area contributed by atoms with Gasteiger partial charge in [-0.2, -0.15) is 0 Å². The summed E-state index contributed by atoms with van der Waals surface area (Å²) in [5, 5.41) is 2.71. The molecular formula is C9H15ClN2O2. The summed E-state index contributed by atoms with van der Waals surface area (Å²) in [6.07, 6.45) is 1.77. The van der Waals surface area contributed by atoms with Gasteiger partial charge in [0, 0.05) is 25.9 Å². The molecule has 4 nitrogen and oxygen atoms in total. The molecule has 1 N–H and O–H groups in total. The van der Waals surface area contributed by atoms with Crippen molar-refractivity contribution in [3.05, 3.63) is 0 Å². The predicted octanol–water partition coefficient (Wildman–Crippen LogP) is 0.352. The zero-order valence-electron chi connectivity index (χ0n) is 8.25. The van der Waals surface area contributed by atoms with E-state index < -0.39 is 0 Å². The van der Waals surface area contributed by atoms with E-state index in [2.05, 4.69) is 5.32 Å². The molecule has 0 aromatic rings. The number of likely N-dealkylation sites (tertiary alicyclic amines) is 1. The van der Waals surface area contributed by atoms with Crippen molar-refractivity contribution in [3.63, 3.8) is 0 Å². The Balaban J connectivity index is 2.30. The number of nitrogens with zero attached hydrogens (tertiary/aromatic N) is 1. The Morgan fingerprint density at radius 1 is 1.71 bits per heavy atom. The van der Waals surface area contributed by atoms with Crippen LogP contribution in [0.25, 0.3) is 0 Å². The Bertz CT molecular complexity index is 233. The number of hydrogen-bond donors (Lipinski definition) is 1. The van der Waals surface area contributed by atoms with Gasteiger partial charge in [0.05, 0.1) is 0 Å². The second-order valence-corrected chi connectivity index (χ2v) is 3.84. The molecule has 80 valence electrons. The maximum atomic E-state index is 11.4. The van der Waals surface area contributed by atoms with Gasteiger partial charge in [-0.15, -0.1) is 11.6 Å². The first kappa shape index (κ1) is 11.3. The van der Waals surface area contributed by atoms with E-state index in [0.29, 0.717) is 25.1 Å². The van der Waals surface area contributed by atoms with Crippen LogP contribution in [0.15, 0.2) is 0 Å². The first-order valence-electron chi connectivity index (χ1n) is 4.75. The minimum atomic E-state index is -0.317. The summed E-state index contributed by atoms with van der Waals surface area (Å²) in [7, 11) is 1.74. The third-order valence-electron chi connectivity index (χ3n) is 2.30. The van der Waals surface area contributed by atoms with E-state index in [-0.39, 0.29) is 17.9 Å². The van der Waals surface area contributed by atoms with Gasteiger partial charge in [0.2, 0.25) is 11.8 Å². The molecule has 1 aliphatic rings. The van der Waals surface area contributed by atoms with Crippen LogP contribution in [0.2, 0.25) is 0 Å². The van der Waals surface area contributed by atoms with Crippen molar-refractivity contribution in [1.82, 2.24) is 10.2 Å². The van der Waals surface area contributed by atoms with Gasteiger partial charge >= 0.3 is 0 Å². The van der Waals surface area contributed by atoms with Crippen molar-refractivity contribution >= 4 is 23.4 Å². The van der Waals surface area contributed by atoms with Gasteiger partial charge in [0.25, 0.3) is 0 Å². The van der Waals surface area contributed by atoms with Crippen molar-refractivity contribution in [2.45, 2.75) is 25.3 Å². The number of halogens is 1. The van der Waals surface area contributed by atoms with Crippen LogP contribution in [0, 0.1) is 0 Å². The van der Waals surface area contributed by atoms with Gasteiger partial charge in [-0.05, 0) is 12.8 Å². The maximum Gasteiger partial charge on any atom is 0.244 e. The highest BCUT2D eigenvalue weighted by Crippen LogP contribution is 2.08. The molecule has 0 aliphatic carbocycles. The molecule has 14 heavy (non-hydrogen) atoms. The summed E-state index contributed by atoms with van der Waals surface area (Å²) >= 11 is 5.46. The Hall–Kier alpha value is -0.770. The molecule has 0 radical (unpaired) electrons. The van der Waals surface area contributed by atoms with Gasteiger partial charge in [0.1, 0.15) is 6.04 Å². The Kier molecular flexibility index (Phi) is 4.20. The van der Waals surface area contributed by atoms with Crippen molar-refractivity contribution in [2.75, 3.05) is 19.5 Å². The highest BCUT2D eigenvalue weighted by Gasteiger charge is 2.29. The van der Waals surface area contributed by atoms with Crippen LogP contribution in [0.3, 0.4) is 0 Å². The van der Waals surface area contributed by atoms with Crippen molar-refractivity contribution in [1.29, 1.82) is 0 Å². The summed E-state index contributed by atoms with van der Waals surface area (Å²) in [6.45, 7) is 0.722. The summed E-state index contributed by atoms with van der Waals surface area (Å²) in [5.41, 5.74) is 0. The van der Waals surface area contributed by atoms with E-state index >= 15 is 0 Å². The monoisotopic (exact) mass is 218 g/mol. The number of nitrogens with one attached hydrogen (secondary N) is 1. The van der Waals surface area contributed by atoms with Crippen LogP contribution in [0.1, 0.15) is 19.3 Å². The molecule has 1 atom stereocenters. The molecule has 1 saturated heterocycles. The fourth-order valence-corrected chi connectivity index (χ4v) is 1.58. The Labute approximate surface area is 88.6 Å². The second kappa shape index (κ2) is 5.20. The maximum absolute atomic E-state index is 11.4. The zero-order chi connectivity index (χ0) is 10.6. The van der Waals surface area contributed by atoms with Crippen LogP contribution >= 0.6 is 11.6 Å². The summed E-state index contributed by atoms with van der Waals surface area (Å²) < 4.78 is 0. The lowest BCUT2D eigenvalue weighted by atomic mass is 10.2. The molecule has 0 spiro atoms. The van der Waals surface area contributed by atoms with E-state index in [1.807, 2.05) is 0 Å². The van der Waals surface area contributed by atoms with Gasteiger partial charge in [-0.25, -0.2) is 0 Å². The zero-order valence-corrected chi connectivity index (χ0v) is 9.01. The number of hydrogen-bond acceptors (Lipinski definition) is 2. The number of carbonyl (C=O) groups excluding carboxylic acids is 2. The van der Waals surface area contributed by atoms with E-state index in [1.165, 1.54) is 0 Å². The number of amides is 2. The average Bonchev–Trinajstić information content (AvgIpc) is 2.46. The van der Waals surface area contributed by atoms with Crippen LogP contribution in [-0.4, -0.2) is 42.2 Å². The summed E-state index contributed by atoms with van der Waals surface area (Å²) in [6, 6.07) is -0.317. The number of carbonyl (C=O) groups is 2. The molecule has 1 aliphatic heterocycles. The number of likely N-dealkylation sites (N-methyl/N-ethyl adjacent to an activating group) is 1. The summed E-state index contributed by atoms with van der Waals surface area (Å²) in [5.74, 6) is 0.398. The first-order chi connectivity index (χ1) is 6.65. The van der Waals surface area contributed by atoms with Gasteiger partial charge in [-0.1, -0.05) is 0 Å². The Morgan fingerprint density at radius 3 is 2.93 bits per heavy atom. The van der Waals surface area contributed by atoms with Crippen LogP contribution < -0.4 is 5.32 Å². The number of alkyl halides is 1. The lowest BCUT2D eigenvalue weighted by Crippen LogP contribution is -2.40. The average molecular weight is 219 g/mol. The quantitative estimate of drug-likeness (QED) is 0.693. The lowest BCUT2D eigenvalue weighted by Gasteiger charge is -2.11. The third kappa shape index (κ3) is 2.87. The fourth-order valence-electron chi connectivity index (χ4n) is 1.45. The molecule has 2 amide bonds. The van der Waals surface area contributed by atoms with Crippen molar-refractivity contribution in [3.8, 4) is 0 Å². The molecule has 1 fully saturated rings. The lowest BCUT2D eigenvalue weighted by molar-refractivity contribution is -0.131. The molecule has 0 aromatic carbocycles. The normalized spacial score (nSPS) is 21.4. The van der Waals surface area contributed by atoms with E-state index in [0.717, 1.165) is 6.54 Å². The van der Waals surface area contributed by atoms with E-state index in [1.54, 1.807) is 11.9 Å². The van der Waals surface area contributed by atoms with Crippen LogP contribution in [-0.2, 0) is 9.59 Å². The fraction of sp³-hybridized carbons (Fsp3) is 0.778. The minimum absolute atomic E-state index is 0.00391. The molecule has 5 heteroatoms. The van der Waals surface area contributed by atoms with Gasteiger partial charge in [0.15, 0.2) is 0 Å². The highest BCUT2D eigenvalue weighted by atomic mass is 35.5. The molecule has 1 unspecified atom stereocenters.